The molecule has 0 unspecified atom stereocenters. The highest BCUT2D eigenvalue weighted by molar-refractivity contribution is 5.42. The molecular weight excluding hydrogens is 216 g/mol. The first-order valence-electron chi connectivity index (χ1n) is 5.35. The zero-order chi connectivity index (χ0) is 11.7. The fourth-order valence-corrected chi connectivity index (χ4v) is 1.65. The van der Waals surface area contributed by atoms with E-state index in [1.165, 1.54) is 0 Å². The van der Waals surface area contributed by atoms with Crippen LogP contribution in [-0.2, 0) is 13.6 Å². The smallest absolute Gasteiger partial charge is 0.243 e. The van der Waals surface area contributed by atoms with Crippen molar-refractivity contribution < 1.29 is 0 Å². The summed E-state index contributed by atoms with van der Waals surface area (Å²) in [5.41, 5.74) is 1.92. The molecule has 0 spiro atoms. The first-order valence-corrected chi connectivity index (χ1v) is 5.35. The molecule has 0 aliphatic carbocycles. The van der Waals surface area contributed by atoms with E-state index in [1.54, 1.807) is 10.7 Å². The van der Waals surface area contributed by atoms with Crippen molar-refractivity contribution in [1.82, 2.24) is 24.4 Å². The summed E-state index contributed by atoms with van der Waals surface area (Å²) < 4.78 is 3.56. The standard InChI is InChI=1S/C11H12N6/c1-16-9(5-6-13-16)8-12-11-14-10-4-2-3-7-17(10)15-11/h2-7H,8H2,1H3,(H,12,15). The number of anilines is 1. The second kappa shape index (κ2) is 3.89. The zero-order valence-corrected chi connectivity index (χ0v) is 9.41. The summed E-state index contributed by atoms with van der Waals surface area (Å²) in [6, 6.07) is 7.74. The van der Waals surface area contributed by atoms with Gasteiger partial charge in [-0.2, -0.15) is 10.1 Å². The van der Waals surface area contributed by atoms with E-state index >= 15 is 0 Å². The number of rotatable bonds is 3. The molecule has 86 valence electrons. The third kappa shape index (κ3) is 1.84. The van der Waals surface area contributed by atoms with Crippen molar-refractivity contribution in [2.75, 3.05) is 5.32 Å². The van der Waals surface area contributed by atoms with Gasteiger partial charge in [-0.05, 0) is 18.2 Å². The minimum Gasteiger partial charge on any atom is -0.347 e. The van der Waals surface area contributed by atoms with E-state index in [2.05, 4.69) is 20.5 Å². The largest absolute Gasteiger partial charge is 0.347 e. The molecule has 0 aliphatic heterocycles. The molecule has 1 N–H and O–H groups in total. The topological polar surface area (TPSA) is 60.0 Å². The summed E-state index contributed by atoms with van der Waals surface area (Å²) in [5.74, 6) is 0.623. The molecule has 0 fully saturated rings. The van der Waals surface area contributed by atoms with Gasteiger partial charge in [-0.25, -0.2) is 4.52 Å². The Kier molecular flexibility index (Phi) is 2.25. The highest BCUT2D eigenvalue weighted by Crippen LogP contribution is 2.06. The Morgan fingerprint density at radius 1 is 1.29 bits per heavy atom. The van der Waals surface area contributed by atoms with Crippen molar-refractivity contribution in [3.63, 3.8) is 0 Å². The molecule has 6 heteroatoms. The van der Waals surface area contributed by atoms with Crippen LogP contribution in [0.25, 0.3) is 5.65 Å². The van der Waals surface area contributed by atoms with Crippen molar-refractivity contribution in [1.29, 1.82) is 0 Å². The summed E-state index contributed by atoms with van der Waals surface area (Å²) in [7, 11) is 1.91. The van der Waals surface area contributed by atoms with Gasteiger partial charge in [-0.1, -0.05) is 6.07 Å². The number of aryl methyl sites for hydroxylation is 1. The van der Waals surface area contributed by atoms with E-state index in [-0.39, 0.29) is 0 Å². The average molecular weight is 228 g/mol. The number of hydrogen-bond acceptors (Lipinski definition) is 4. The zero-order valence-electron chi connectivity index (χ0n) is 9.41. The number of nitrogens with zero attached hydrogens (tertiary/aromatic N) is 5. The van der Waals surface area contributed by atoms with Crippen LogP contribution in [0.4, 0.5) is 5.95 Å². The van der Waals surface area contributed by atoms with Crippen LogP contribution in [0.15, 0.2) is 36.7 Å². The molecule has 0 saturated heterocycles. The SMILES string of the molecule is Cn1nccc1CNc1nc2ccccn2n1. The Balaban J connectivity index is 1.79. The summed E-state index contributed by atoms with van der Waals surface area (Å²) in [6.07, 6.45) is 3.64. The third-order valence-corrected chi connectivity index (χ3v) is 2.59. The molecule has 0 aromatic carbocycles. The van der Waals surface area contributed by atoms with Crippen LogP contribution >= 0.6 is 0 Å². The van der Waals surface area contributed by atoms with Gasteiger partial charge in [0.25, 0.3) is 0 Å². The molecular formula is C11H12N6. The Labute approximate surface area is 97.9 Å². The van der Waals surface area contributed by atoms with Crippen molar-refractivity contribution in [2.45, 2.75) is 6.54 Å². The Hall–Kier alpha value is -2.37. The molecule has 6 nitrogen and oxygen atoms in total. The van der Waals surface area contributed by atoms with Gasteiger partial charge in [0.1, 0.15) is 0 Å². The summed E-state index contributed by atoms with van der Waals surface area (Å²) in [6.45, 7) is 0.660. The van der Waals surface area contributed by atoms with Gasteiger partial charge in [0, 0.05) is 19.4 Å². The van der Waals surface area contributed by atoms with Gasteiger partial charge < -0.3 is 5.32 Å². The van der Waals surface area contributed by atoms with Gasteiger partial charge in [-0.15, -0.1) is 5.10 Å². The maximum absolute atomic E-state index is 4.35. The number of fused-ring (bicyclic) bond motifs is 1. The monoisotopic (exact) mass is 228 g/mol. The Bertz CT molecular complexity index is 605. The van der Waals surface area contributed by atoms with E-state index in [1.807, 2.05) is 42.2 Å². The fraction of sp³-hybridized carbons (Fsp3) is 0.182. The maximum Gasteiger partial charge on any atom is 0.243 e. The van der Waals surface area contributed by atoms with Crippen LogP contribution in [-0.4, -0.2) is 24.4 Å². The fourth-order valence-electron chi connectivity index (χ4n) is 1.65. The van der Waals surface area contributed by atoms with Crippen molar-refractivity contribution in [2.24, 2.45) is 7.05 Å². The first-order chi connectivity index (χ1) is 8.33. The molecule has 0 saturated carbocycles. The van der Waals surface area contributed by atoms with E-state index in [0.29, 0.717) is 12.5 Å². The first kappa shape index (κ1) is 9.83. The third-order valence-electron chi connectivity index (χ3n) is 2.59. The van der Waals surface area contributed by atoms with Crippen LogP contribution in [0.1, 0.15) is 5.69 Å². The van der Waals surface area contributed by atoms with Gasteiger partial charge in [-0.3, -0.25) is 4.68 Å². The molecule has 0 aliphatic rings. The van der Waals surface area contributed by atoms with E-state index in [0.717, 1.165) is 11.3 Å². The molecule has 3 aromatic rings. The highest BCUT2D eigenvalue weighted by Gasteiger charge is 2.03. The summed E-state index contributed by atoms with van der Waals surface area (Å²) in [5, 5.41) is 11.6. The number of pyridine rings is 1. The molecule has 17 heavy (non-hydrogen) atoms. The van der Waals surface area contributed by atoms with Crippen LogP contribution in [0.2, 0.25) is 0 Å². The van der Waals surface area contributed by atoms with Crippen molar-refractivity contribution in [3.05, 3.63) is 42.4 Å². The molecule has 3 heterocycles. The second-order valence-electron chi connectivity index (χ2n) is 3.74. The Morgan fingerprint density at radius 3 is 3.00 bits per heavy atom. The lowest BCUT2D eigenvalue weighted by Gasteiger charge is -2.01. The Morgan fingerprint density at radius 2 is 2.24 bits per heavy atom. The normalized spacial score (nSPS) is 10.9. The molecule has 0 bridgehead atoms. The van der Waals surface area contributed by atoms with Crippen LogP contribution in [0.3, 0.4) is 0 Å². The van der Waals surface area contributed by atoms with Crippen molar-refractivity contribution >= 4 is 11.6 Å². The summed E-state index contributed by atoms with van der Waals surface area (Å²) >= 11 is 0. The van der Waals surface area contributed by atoms with Crippen LogP contribution in [0, 0.1) is 0 Å². The molecule has 0 radical (unpaired) electrons. The number of nitrogens with one attached hydrogen (secondary N) is 1. The minimum atomic E-state index is 0.623. The van der Waals surface area contributed by atoms with E-state index in [9.17, 15) is 0 Å². The quantitative estimate of drug-likeness (QED) is 0.728. The molecule has 0 amide bonds. The van der Waals surface area contributed by atoms with Gasteiger partial charge in [0.2, 0.25) is 5.95 Å². The van der Waals surface area contributed by atoms with Gasteiger partial charge >= 0.3 is 0 Å². The van der Waals surface area contributed by atoms with E-state index < -0.39 is 0 Å². The highest BCUT2D eigenvalue weighted by atomic mass is 15.3. The lowest BCUT2D eigenvalue weighted by atomic mass is 10.4. The minimum absolute atomic E-state index is 0.623. The number of hydrogen-bond donors (Lipinski definition) is 1. The average Bonchev–Trinajstić information content (AvgIpc) is 2.92. The molecule has 3 aromatic heterocycles. The predicted octanol–water partition coefficient (Wildman–Crippen LogP) is 1.07. The molecule has 0 atom stereocenters. The summed E-state index contributed by atoms with van der Waals surface area (Å²) in [4.78, 5) is 4.35. The predicted molar refractivity (Wildman–Crippen MR) is 63.5 cm³/mol. The van der Waals surface area contributed by atoms with Gasteiger partial charge in [0.05, 0.1) is 12.2 Å². The van der Waals surface area contributed by atoms with Crippen LogP contribution in [0.5, 0.6) is 0 Å². The second-order valence-corrected chi connectivity index (χ2v) is 3.74. The van der Waals surface area contributed by atoms with E-state index in [4.69, 9.17) is 0 Å². The van der Waals surface area contributed by atoms with Crippen LogP contribution < -0.4 is 5.32 Å². The van der Waals surface area contributed by atoms with Gasteiger partial charge in [0.15, 0.2) is 5.65 Å². The molecule has 3 rings (SSSR count). The lowest BCUT2D eigenvalue weighted by Crippen LogP contribution is -2.06. The lowest BCUT2D eigenvalue weighted by molar-refractivity contribution is 0.719. The van der Waals surface area contributed by atoms with Crippen molar-refractivity contribution in [3.8, 4) is 0 Å². The number of aromatic nitrogens is 5. The maximum atomic E-state index is 4.35.